The van der Waals surface area contributed by atoms with Crippen molar-refractivity contribution >= 4 is 12.6 Å². The van der Waals surface area contributed by atoms with Gasteiger partial charge in [0.2, 0.25) is 0 Å². The van der Waals surface area contributed by atoms with E-state index >= 15 is 0 Å². The van der Waals surface area contributed by atoms with E-state index in [1.807, 2.05) is 0 Å². The molecule has 0 spiro atoms. The number of hydrogen-bond donors (Lipinski definition) is 2. The molecular formula is C10H23NS. The molecule has 0 saturated heterocycles. The summed E-state index contributed by atoms with van der Waals surface area (Å²) in [6.07, 6.45) is 10.6. The minimum absolute atomic E-state index is 0.0978. The Morgan fingerprint density at radius 3 is 2.00 bits per heavy atom. The Balaban J connectivity index is 2.82. The lowest BCUT2D eigenvalue weighted by Crippen LogP contribution is -2.10. The van der Waals surface area contributed by atoms with Crippen LogP contribution >= 0.6 is 12.6 Å². The summed E-state index contributed by atoms with van der Waals surface area (Å²) in [4.78, 5) is 0. The predicted molar refractivity (Wildman–Crippen MR) is 59.6 cm³/mol. The van der Waals surface area contributed by atoms with Gasteiger partial charge in [-0.25, -0.2) is 0 Å². The zero-order valence-electron chi connectivity index (χ0n) is 8.26. The topological polar surface area (TPSA) is 26.0 Å². The highest BCUT2D eigenvalue weighted by Crippen LogP contribution is 2.09. The lowest BCUT2D eigenvalue weighted by molar-refractivity contribution is 0.573. The fourth-order valence-electron chi connectivity index (χ4n) is 1.31. The standard InChI is InChI=1S/C10H23NS/c1-2-3-4-5-6-7-8-9-10(11)12/h10,12H,2-9,11H2,1H3. The van der Waals surface area contributed by atoms with Crippen molar-refractivity contribution in [3.63, 3.8) is 0 Å². The Bertz CT molecular complexity index is 83.9. The fourth-order valence-corrected chi connectivity index (χ4v) is 1.49. The van der Waals surface area contributed by atoms with Crippen LogP contribution in [0.3, 0.4) is 0 Å². The summed E-state index contributed by atoms with van der Waals surface area (Å²) in [5.74, 6) is 0. The van der Waals surface area contributed by atoms with Gasteiger partial charge in [-0.2, -0.15) is 12.6 Å². The second-order valence-electron chi connectivity index (χ2n) is 3.48. The minimum atomic E-state index is 0.0978. The van der Waals surface area contributed by atoms with Crippen LogP contribution in [0.15, 0.2) is 0 Å². The molecule has 0 aromatic carbocycles. The van der Waals surface area contributed by atoms with Gasteiger partial charge in [0.25, 0.3) is 0 Å². The van der Waals surface area contributed by atoms with Crippen molar-refractivity contribution in [2.45, 2.75) is 63.7 Å². The van der Waals surface area contributed by atoms with E-state index in [9.17, 15) is 0 Å². The molecule has 0 amide bonds. The van der Waals surface area contributed by atoms with Crippen molar-refractivity contribution in [1.29, 1.82) is 0 Å². The van der Waals surface area contributed by atoms with Crippen LogP contribution in [0.5, 0.6) is 0 Å². The largest absolute Gasteiger partial charge is 0.320 e. The van der Waals surface area contributed by atoms with Crippen LogP contribution in [-0.4, -0.2) is 5.37 Å². The summed E-state index contributed by atoms with van der Waals surface area (Å²) in [7, 11) is 0. The highest BCUT2D eigenvalue weighted by molar-refractivity contribution is 7.80. The first-order valence-electron chi connectivity index (χ1n) is 5.21. The van der Waals surface area contributed by atoms with Gasteiger partial charge in [-0.3, -0.25) is 0 Å². The van der Waals surface area contributed by atoms with Crippen LogP contribution in [-0.2, 0) is 0 Å². The molecule has 0 bridgehead atoms. The van der Waals surface area contributed by atoms with E-state index in [4.69, 9.17) is 5.73 Å². The number of unbranched alkanes of at least 4 members (excludes halogenated alkanes) is 6. The average Bonchev–Trinajstić information content (AvgIpc) is 2.02. The molecule has 0 fully saturated rings. The molecule has 0 aliphatic heterocycles. The third kappa shape index (κ3) is 10.3. The van der Waals surface area contributed by atoms with Gasteiger partial charge >= 0.3 is 0 Å². The van der Waals surface area contributed by atoms with Crippen molar-refractivity contribution in [2.75, 3.05) is 0 Å². The number of hydrogen-bond acceptors (Lipinski definition) is 2. The monoisotopic (exact) mass is 189 g/mol. The Hall–Kier alpha value is 0.310. The van der Waals surface area contributed by atoms with Gasteiger partial charge in [-0.15, -0.1) is 0 Å². The second kappa shape index (κ2) is 9.40. The van der Waals surface area contributed by atoms with E-state index in [2.05, 4.69) is 19.6 Å². The molecule has 1 nitrogen and oxygen atoms in total. The molecule has 12 heavy (non-hydrogen) atoms. The lowest BCUT2D eigenvalue weighted by atomic mass is 10.1. The van der Waals surface area contributed by atoms with E-state index in [1.54, 1.807) is 0 Å². The first-order valence-corrected chi connectivity index (χ1v) is 5.72. The first-order chi connectivity index (χ1) is 5.77. The molecule has 0 radical (unpaired) electrons. The molecule has 1 atom stereocenters. The molecular weight excluding hydrogens is 166 g/mol. The Morgan fingerprint density at radius 1 is 1.00 bits per heavy atom. The quantitative estimate of drug-likeness (QED) is 0.342. The maximum Gasteiger partial charge on any atom is 0.0477 e. The first kappa shape index (κ1) is 12.3. The fraction of sp³-hybridized carbons (Fsp3) is 1.00. The summed E-state index contributed by atoms with van der Waals surface area (Å²) in [6.45, 7) is 2.25. The van der Waals surface area contributed by atoms with E-state index in [1.165, 1.54) is 44.9 Å². The van der Waals surface area contributed by atoms with Gasteiger partial charge in [0, 0.05) is 5.37 Å². The molecule has 0 aromatic rings. The summed E-state index contributed by atoms with van der Waals surface area (Å²) < 4.78 is 0. The summed E-state index contributed by atoms with van der Waals surface area (Å²) in [5.41, 5.74) is 5.52. The predicted octanol–water partition coefficient (Wildman–Crippen LogP) is 3.34. The van der Waals surface area contributed by atoms with Crippen LogP contribution in [0.1, 0.15) is 58.3 Å². The van der Waals surface area contributed by atoms with E-state index in [-0.39, 0.29) is 5.37 Å². The van der Waals surface area contributed by atoms with Gasteiger partial charge in [-0.1, -0.05) is 51.9 Å². The third-order valence-corrected chi connectivity index (χ3v) is 2.36. The smallest absolute Gasteiger partial charge is 0.0477 e. The molecule has 0 rings (SSSR count). The van der Waals surface area contributed by atoms with Crippen LogP contribution in [0.4, 0.5) is 0 Å². The summed E-state index contributed by atoms with van der Waals surface area (Å²) in [5, 5.41) is 0.0978. The molecule has 2 N–H and O–H groups in total. The third-order valence-electron chi connectivity index (χ3n) is 2.10. The van der Waals surface area contributed by atoms with Gasteiger partial charge < -0.3 is 5.73 Å². The van der Waals surface area contributed by atoms with Gasteiger partial charge in [0.1, 0.15) is 0 Å². The Morgan fingerprint density at radius 2 is 1.50 bits per heavy atom. The van der Waals surface area contributed by atoms with E-state index < -0.39 is 0 Å². The number of nitrogens with two attached hydrogens (primary N) is 1. The van der Waals surface area contributed by atoms with Crippen molar-refractivity contribution in [3.8, 4) is 0 Å². The second-order valence-corrected chi connectivity index (χ2v) is 4.14. The lowest BCUT2D eigenvalue weighted by Gasteiger charge is -2.03. The summed E-state index contributed by atoms with van der Waals surface area (Å²) >= 11 is 4.13. The number of rotatable bonds is 8. The van der Waals surface area contributed by atoms with E-state index in [0.29, 0.717) is 0 Å². The molecule has 1 unspecified atom stereocenters. The zero-order chi connectivity index (χ0) is 9.23. The van der Waals surface area contributed by atoms with Crippen molar-refractivity contribution in [2.24, 2.45) is 5.73 Å². The highest BCUT2D eigenvalue weighted by atomic mass is 32.1. The molecule has 0 aliphatic carbocycles. The van der Waals surface area contributed by atoms with Crippen LogP contribution < -0.4 is 5.73 Å². The molecule has 0 saturated carbocycles. The summed E-state index contributed by atoms with van der Waals surface area (Å²) in [6, 6.07) is 0. The average molecular weight is 189 g/mol. The highest BCUT2D eigenvalue weighted by Gasteiger charge is 1.94. The molecule has 0 aromatic heterocycles. The maximum absolute atomic E-state index is 5.52. The van der Waals surface area contributed by atoms with Gasteiger partial charge in [-0.05, 0) is 6.42 Å². The molecule has 0 aliphatic rings. The minimum Gasteiger partial charge on any atom is -0.320 e. The molecule has 2 heteroatoms. The van der Waals surface area contributed by atoms with Crippen LogP contribution in [0.25, 0.3) is 0 Å². The zero-order valence-corrected chi connectivity index (χ0v) is 9.15. The van der Waals surface area contributed by atoms with E-state index in [0.717, 1.165) is 6.42 Å². The SMILES string of the molecule is CCCCCCCCCC(N)S. The van der Waals surface area contributed by atoms with Crippen molar-refractivity contribution in [3.05, 3.63) is 0 Å². The Labute approximate surface area is 82.5 Å². The number of thiol groups is 1. The van der Waals surface area contributed by atoms with Gasteiger partial charge in [0.05, 0.1) is 0 Å². The molecule has 0 heterocycles. The van der Waals surface area contributed by atoms with Crippen LogP contribution in [0, 0.1) is 0 Å². The normalized spacial score (nSPS) is 13.2. The maximum atomic E-state index is 5.52. The van der Waals surface area contributed by atoms with Crippen molar-refractivity contribution in [1.82, 2.24) is 0 Å². The van der Waals surface area contributed by atoms with Crippen LogP contribution in [0.2, 0.25) is 0 Å². The Kier molecular flexibility index (Phi) is 9.64. The molecule has 74 valence electrons. The van der Waals surface area contributed by atoms with Gasteiger partial charge in [0.15, 0.2) is 0 Å². The van der Waals surface area contributed by atoms with Crippen molar-refractivity contribution < 1.29 is 0 Å².